The van der Waals surface area contributed by atoms with Crippen molar-refractivity contribution in [2.45, 2.75) is 32.3 Å². The maximum Gasteiger partial charge on any atom is 0.330 e. The Bertz CT molecular complexity index is 255. The average Bonchev–Trinajstić information content (AvgIpc) is 2.17. The third-order valence-corrected chi connectivity index (χ3v) is 2.11. The highest BCUT2D eigenvalue weighted by Gasteiger charge is 2.27. The molecule has 0 aromatic rings. The second kappa shape index (κ2) is 4.84. The molecule has 1 unspecified atom stereocenters. The Morgan fingerprint density at radius 2 is 2.50 bits per heavy atom. The van der Waals surface area contributed by atoms with E-state index in [4.69, 9.17) is 9.47 Å². The lowest BCUT2D eigenvalue weighted by Gasteiger charge is -2.30. The molecule has 0 bridgehead atoms. The first kappa shape index (κ1) is 10.8. The molecule has 0 fully saturated rings. The molecule has 1 atom stereocenters. The molecule has 14 heavy (non-hydrogen) atoms. The van der Waals surface area contributed by atoms with E-state index in [1.807, 2.05) is 13.0 Å². The first-order chi connectivity index (χ1) is 6.66. The zero-order chi connectivity index (χ0) is 10.4. The van der Waals surface area contributed by atoms with Crippen molar-refractivity contribution < 1.29 is 14.3 Å². The Balaban J connectivity index is 2.36. The lowest BCUT2D eigenvalue weighted by molar-refractivity contribution is -0.145. The quantitative estimate of drug-likeness (QED) is 0.512. The van der Waals surface area contributed by atoms with Crippen molar-refractivity contribution in [3.63, 3.8) is 0 Å². The van der Waals surface area contributed by atoms with E-state index in [-0.39, 0.29) is 11.6 Å². The molecule has 0 saturated heterocycles. The standard InChI is InChI=1S/C11H16O3/c1-3-6-10(12)13-9-11(2)7-4-5-8-14-11/h3,5-6,8H,4,7,9H2,1-2H3/b6-3+. The SMILES string of the molecule is C/C=C/C(=O)OCC1(C)CCC=CO1. The smallest absolute Gasteiger partial charge is 0.330 e. The summed E-state index contributed by atoms with van der Waals surface area (Å²) in [6.45, 7) is 4.03. The van der Waals surface area contributed by atoms with Gasteiger partial charge in [-0.25, -0.2) is 4.79 Å². The molecule has 0 amide bonds. The molecular formula is C11H16O3. The molecule has 78 valence electrons. The van der Waals surface area contributed by atoms with Gasteiger partial charge in [-0.2, -0.15) is 0 Å². The molecule has 1 aliphatic rings. The molecule has 0 N–H and O–H groups in total. The second-order valence-electron chi connectivity index (χ2n) is 3.59. The molecule has 0 aromatic heterocycles. The summed E-state index contributed by atoms with van der Waals surface area (Å²) < 4.78 is 10.5. The number of carbonyl (C=O) groups excluding carboxylic acids is 1. The molecule has 0 spiro atoms. The van der Waals surface area contributed by atoms with Crippen LogP contribution in [-0.4, -0.2) is 18.2 Å². The highest BCUT2D eigenvalue weighted by Crippen LogP contribution is 2.23. The first-order valence-electron chi connectivity index (χ1n) is 4.78. The normalized spacial score (nSPS) is 26.1. The predicted molar refractivity (Wildman–Crippen MR) is 53.6 cm³/mol. The summed E-state index contributed by atoms with van der Waals surface area (Å²) in [4.78, 5) is 11.0. The van der Waals surface area contributed by atoms with Crippen molar-refractivity contribution in [1.82, 2.24) is 0 Å². The average molecular weight is 196 g/mol. The van der Waals surface area contributed by atoms with Crippen molar-refractivity contribution in [2.75, 3.05) is 6.61 Å². The minimum absolute atomic E-state index is 0.306. The van der Waals surface area contributed by atoms with Gasteiger partial charge in [0.25, 0.3) is 0 Å². The largest absolute Gasteiger partial charge is 0.492 e. The number of rotatable bonds is 3. The molecular weight excluding hydrogens is 180 g/mol. The highest BCUT2D eigenvalue weighted by atomic mass is 16.6. The summed E-state index contributed by atoms with van der Waals surface area (Å²) in [5, 5.41) is 0. The van der Waals surface area contributed by atoms with Crippen LogP contribution in [0.1, 0.15) is 26.7 Å². The number of ether oxygens (including phenoxy) is 2. The zero-order valence-electron chi connectivity index (χ0n) is 8.66. The van der Waals surface area contributed by atoms with Gasteiger partial charge in [-0.15, -0.1) is 0 Å². The van der Waals surface area contributed by atoms with E-state index in [9.17, 15) is 4.79 Å². The van der Waals surface area contributed by atoms with E-state index in [1.54, 1.807) is 19.3 Å². The van der Waals surface area contributed by atoms with Gasteiger partial charge in [-0.05, 0) is 32.8 Å². The number of esters is 1. The van der Waals surface area contributed by atoms with Gasteiger partial charge >= 0.3 is 5.97 Å². The van der Waals surface area contributed by atoms with Gasteiger partial charge in [0.05, 0.1) is 6.26 Å². The summed E-state index contributed by atoms with van der Waals surface area (Å²) in [7, 11) is 0. The molecule has 3 heteroatoms. The van der Waals surface area contributed by atoms with Crippen LogP contribution in [0.25, 0.3) is 0 Å². The van der Waals surface area contributed by atoms with Crippen LogP contribution in [0.3, 0.4) is 0 Å². The highest BCUT2D eigenvalue weighted by molar-refractivity contribution is 5.81. The van der Waals surface area contributed by atoms with Gasteiger partial charge in [0, 0.05) is 6.08 Å². The van der Waals surface area contributed by atoms with Crippen molar-refractivity contribution in [3.8, 4) is 0 Å². The van der Waals surface area contributed by atoms with Gasteiger partial charge < -0.3 is 9.47 Å². The van der Waals surface area contributed by atoms with Crippen LogP contribution >= 0.6 is 0 Å². The second-order valence-corrected chi connectivity index (χ2v) is 3.59. The Labute approximate surface area is 84.4 Å². The predicted octanol–water partition coefficient (Wildman–Crippen LogP) is 2.19. The van der Waals surface area contributed by atoms with Crippen molar-refractivity contribution >= 4 is 5.97 Å². The van der Waals surface area contributed by atoms with E-state index in [2.05, 4.69) is 0 Å². The summed E-state index contributed by atoms with van der Waals surface area (Å²) in [6.07, 6.45) is 8.56. The van der Waals surface area contributed by atoms with Crippen LogP contribution < -0.4 is 0 Å². The van der Waals surface area contributed by atoms with Crippen LogP contribution in [0.15, 0.2) is 24.5 Å². The van der Waals surface area contributed by atoms with Gasteiger partial charge in [0.1, 0.15) is 12.2 Å². The molecule has 0 saturated carbocycles. The van der Waals surface area contributed by atoms with E-state index < -0.39 is 0 Å². The summed E-state index contributed by atoms with van der Waals surface area (Å²) in [6, 6.07) is 0. The van der Waals surface area contributed by atoms with Gasteiger partial charge in [-0.3, -0.25) is 0 Å². The topological polar surface area (TPSA) is 35.5 Å². The third kappa shape index (κ3) is 3.24. The maximum atomic E-state index is 11.0. The lowest BCUT2D eigenvalue weighted by atomic mass is 9.99. The molecule has 1 rings (SSSR count). The van der Waals surface area contributed by atoms with Crippen LogP contribution in [0.2, 0.25) is 0 Å². The van der Waals surface area contributed by atoms with E-state index in [0.29, 0.717) is 6.61 Å². The first-order valence-corrected chi connectivity index (χ1v) is 4.78. The molecule has 0 aliphatic carbocycles. The lowest BCUT2D eigenvalue weighted by Crippen LogP contribution is -2.35. The Morgan fingerprint density at radius 3 is 3.07 bits per heavy atom. The van der Waals surface area contributed by atoms with Crippen molar-refractivity contribution in [2.24, 2.45) is 0 Å². The summed E-state index contributed by atoms with van der Waals surface area (Å²) in [5.74, 6) is -0.313. The molecule has 0 radical (unpaired) electrons. The fraction of sp³-hybridized carbons (Fsp3) is 0.545. The summed E-state index contributed by atoms with van der Waals surface area (Å²) in [5.41, 5.74) is -0.355. The molecule has 1 aliphatic heterocycles. The minimum Gasteiger partial charge on any atom is -0.492 e. The number of hydrogen-bond acceptors (Lipinski definition) is 3. The van der Waals surface area contributed by atoms with E-state index in [1.165, 1.54) is 6.08 Å². The number of carbonyl (C=O) groups is 1. The monoisotopic (exact) mass is 196 g/mol. The fourth-order valence-electron chi connectivity index (χ4n) is 1.24. The van der Waals surface area contributed by atoms with Crippen LogP contribution in [0.5, 0.6) is 0 Å². The molecule has 1 heterocycles. The van der Waals surface area contributed by atoms with Crippen LogP contribution in [0, 0.1) is 0 Å². The van der Waals surface area contributed by atoms with Gasteiger partial charge in [0.2, 0.25) is 0 Å². The Hall–Kier alpha value is -1.25. The Kier molecular flexibility index (Phi) is 3.74. The molecule has 3 nitrogen and oxygen atoms in total. The minimum atomic E-state index is -0.355. The number of hydrogen-bond donors (Lipinski definition) is 0. The van der Waals surface area contributed by atoms with Crippen LogP contribution in [-0.2, 0) is 14.3 Å². The number of allylic oxidation sites excluding steroid dienone is 2. The van der Waals surface area contributed by atoms with Crippen molar-refractivity contribution in [3.05, 3.63) is 24.5 Å². The van der Waals surface area contributed by atoms with Crippen molar-refractivity contribution in [1.29, 1.82) is 0 Å². The zero-order valence-corrected chi connectivity index (χ0v) is 8.66. The fourth-order valence-corrected chi connectivity index (χ4v) is 1.24. The molecule has 0 aromatic carbocycles. The maximum absolute atomic E-state index is 11.0. The third-order valence-electron chi connectivity index (χ3n) is 2.11. The van der Waals surface area contributed by atoms with E-state index >= 15 is 0 Å². The van der Waals surface area contributed by atoms with E-state index in [0.717, 1.165) is 12.8 Å². The Morgan fingerprint density at radius 1 is 1.71 bits per heavy atom. The summed E-state index contributed by atoms with van der Waals surface area (Å²) >= 11 is 0. The van der Waals surface area contributed by atoms with Crippen LogP contribution in [0.4, 0.5) is 0 Å². The van der Waals surface area contributed by atoms with Gasteiger partial charge in [0.15, 0.2) is 0 Å². The van der Waals surface area contributed by atoms with Gasteiger partial charge in [-0.1, -0.05) is 6.08 Å².